The zero-order valence-corrected chi connectivity index (χ0v) is 18.8. The lowest BCUT2D eigenvalue weighted by Gasteiger charge is -2.30. The number of nitrogens with zero attached hydrogens (tertiary/aromatic N) is 2. The van der Waals surface area contributed by atoms with E-state index in [2.05, 4.69) is 26.1 Å². The molecular formula is C22H20BrN3O3S. The van der Waals surface area contributed by atoms with E-state index >= 15 is 0 Å². The van der Waals surface area contributed by atoms with Crippen LogP contribution in [0, 0.1) is 6.92 Å². The number of nitrogens with one attached hydrogen (secondary N) is 1. The number of hydrogen-bond donors (Lipinski definition) is 1. The summed E-state index contributed by atoms with van der Waals surface area (Å²) in [6, 6.07) is 13.3. The largest absolute Gasteiger partial charge is 0.378 e. The fourth-order valence-corrected chi connectivity index (χ4v) is 4.27. The standard InChI is InChI=1S/C22H20BrN3O3S/c1-14-12-16(23)4-7-19(14)26-21(28)18(20(27)24-22(26)30)13-15-2-5-17(6-3-15)25-8-10-29-11-9-25/h2-7,12-13H,8-11H2,1H3,(H,24,27,30)/b18-13-. The van der Waals surface area contributed by atoms with Crippen LogP contribution in [0.4, 0.5) is 11.4 Å². The van der Waals surface area contributed by atoms with Crippen molar-refractivity contribution in [1.82, 2.24) is 5.32 Å². The Morgan fingerprint density at radius 1 is 1.10 bits per heavy atom. The molecule has 0 saturated carbocycles. The third-order valence-electron chi connectivity index (χ3n) is 5.08. The summed E-state index contributed by atoms with van der Waals surface area (Å²) < 4.78 is 6.29. The average Bonchev–Trinajstić information content (AvgIpc) is 2.73. The van der Waals surface area contributed by atoms with Crippen LogP contribution in [0.5, 0.6) is 0 Å². The number of morpholine rings is 1. The van der Waals surface area contributed by atoms with E-state index in [0.717, 1.165) is 34.4 Å². The summed E-state index contributed by atoms with van der Waals surface area (Å²) in [4.78, 5) is 29.3. The molecule has 2 amide bonds. The number of halogens is 1. The first-order valence-electron chi connectivity index (χ1n) is 9.54. The van der Waals surface area contributed by atoms with Crippen LogP contribution in [0.15, 0.2) is 52.5 Å². The molecule has 1 N–H and O–H groups in total. The van der Waals surface area contributed by atoms with Gasteiger partial charge >= 0.3 is 0 Å². The highest BCUT2D eigenvalue weighted by molar-refractivity contribution is 9.10. The molecule has 2 aromatic carbocycles. The van der Waals surface area contributed by atoms with Crippen molar-refractivity contribution in [2.24, 2.45) is 0 Å². The van der Waals surface area contributed by atoms with Crippen molar-refractivity contribution >= 4 is 62.5 Å². The monoisotopic (exact) mass is 485 g/mol. The molecule has 0 aliphatic carbocycles. The van der Waals surface area contributed by atoms with Crippen molar-refractivity contribution in [3.05, 3.63) is 63.6 Å². The van der Waals surface area contributed by atoms with Gasteiger partial charge in [0.25, 0.3) is 11.8 Å². The van der Waals surface area contributed by atoms with Crippen LogP contribution in [0.1, 0.15) is 11.1 Å². The van der Waals surface area contributed by atoms with Gasteiger partial charge in [-0.1, -0.05) is 28.1 Å². The number of thiocarbonyl (C=S) groups is 1. The Labute approximate surface area is 188 Å². The molecule has 0 unspecified atom stereocenters. The topological polar surface area (TPSA) is 61.9 Å². The van der Waals surface area contributed by atoms with Gasteiger partial charge in [0.1, 0.15) is 5.57 Å². The van der Waals surface area contributed by atoms with Crippen LogP contribution >= 0.6 is 28.1 Å². The van der Waals surface area contributed by atoms with E-state index in [-0.39, 0.29) is 10.7 Å². The van der Waals surface area contributed by atoms with Gasteiger partial charge in [0.15, 0.2) is 5.11 Å². The van der Waals surface area contributed by atoms with E-state index in [1.54, 1.807) is 12.1 Å². The number of ether oxygens (including phenoxy) is 1. The molecule has 0 spiro atoms. The van der Waals surface area contributed by atoms with Crippen molar-refractivity contribution in [2.75, 3.05) is 36.1 Å². The molecule has 30 heavy (non-hydrogen) atoms. The van der Waals surface area contributed by atoms with Crippen LogP contribution in [-0.4, -0.2) is 43.2 Å². The smallest absolute Gasteiger partial charge is 0.270 e. The lowest BCUT2D eigenvalue weighted by atomic mass is 10.1. The van der Waals surface area contributed by atoms with E-state index < -0.39 is 11.8 Å². The van der Waals surface area contributed by atoms with E-state index in [9.17, 15) is 9.59 Å². The summed E-state index contributed by atoms with van der Waals surface area (Å²) >= 11 is 8.70. The number of hydrogen-bond acceptors (Lipinski definition) is 5. The highest BCUT2D eigenvalue weighted by Gasteiger charge is 2.35. The van der Waals surface area contributed by atoms with Crippen molar-refractivity contribution < 1.29 is 14.3 Å². The molecule has 2 fully saturated rings. The van der Waals surface area contributed by atoms with Crippen LogP contribution < -0.4 is 15.1 Å². The van der Waals surface area contributed by atoms with Crippen LogP contribution in [0.3, 0.4) is 0 Å². The molecule has 2 aliphatic heterocycles. The minimum absolute atomic E-state index is 0.0463. The number of aryl methyl sites for hydroxylation is 1. The fourth-order valence-electron chi connectivity index (χ4n) is 3.52. The molecule has 154 valence electrons. The second-order valence-electron chi connectivity index (χ2n) is 7.08. The summed E-state index contributed by atoms with van der Waals surface area (Å²) in [7, 11) is 0. The molecule has 0 radical (unpaired) electrons. The van der Waals surface area contributed by atoms with Crippen LogP contribution in [-0.2, 0) is 14.3 Å². The molecular weight excluding hydrogens is 466 g/mol. The highest BCUT2D eigenvalue weighted by Crippen LogP contribution is 2.28. The third-order valence-corrected chi connectivity index (χ3v) is 5.86. The Balaban J connectivity index is 1.62. The summed E-state index contributed by atoms with van der Waals surface area (Å²) in [5.74, 6) is -0.931. The molecule has 8 heteroatoms. The molecule has 0 atom stereocenters. The lowest BCUT2D eigenvalue weighted by molar-refractivity contribution is -0.122. The van der Waals surface area contributed by atoms with E-state index in [1.807, 2.05) is 43.3 Å². The zero-order chi connectivity index (χ0) is 21.3. The Bertz CT molecular complexity index is 1050. The SMILES string of the molecule is Cc1cc(Br)ccc1N1C(=O)/C(=C\c2ccc(N3CCOCC3)cc2)C(=O)NC1=S. The lowest BCUT2D eigenvalue weighted by Crippen LogP contribution is -2.54. The predicted molar refractivity (Wildman–Crippen MR) is 125 cm³/mol. The first-order chi connectivity index (χ1) is 14.4. The molecule has 2 aromatic rings. The predicted octanol–water partition coefficient (Wildman–Crippen LogP) is 3.43. The van der Waals surface area contributed by atoms with Crippen molar-refractivity contribution in [3.8, 4) is 0 Å². The number of amides is 2. The van der Waals surface area contributed by atoms with Gasteiger partial charge in [-0.25, -0.2) is 0 Å². The van der Waals surface area contributed by atoms with E-state index in [1.165, 1.54) is 4.90 Å². The summed E-state index contributed by atoms with van der Waals surface area (Å²) in [5, 5.41) is 2.71. The second-order valence-corrected chi connectivity index (χ2v) is 8.38. The summed E-state index contributed by atoms with van der Waals surface area (Å²) in [5.41, 5.74) is 3.41. The third kappa shape index (κ3) is 4.16. The second kappa shape index (κ2) is 8.67. The Hall–Kier alpha value is -2.55. The summed E-state index contributed by atoms with van der Waals surface area (Å²) in [6.45, 7) is 5.01. The minimum atomic E-state index is -0.492. The van der Waals surface area contributed by atoms with Crippen molar-refractivity contribution in [2.45, 2.75) is 6.92 Å². The number of anilines is 2. The zero-order valence-electron chi connectivity index (χ0n) is 16.4. The van der Waals surface area contributed by atoms with Crippen molar-refractivity contribution in [1.29, 1.82) is 0 Å². The Morgan fingerprint density at radius 3 is 2.47 bits per heavy atom. The maximum Gasteiger partial charge on any atom is 0.270 e. The van der Waals surface area contributed by atoms with Gasteiger partial charge in [-0.2, -0.15) is 0 Å². The van der Waals surface area contributed by atoms with Gasteiger partial charge in [-0.05, 0) is 66.7 Å². The quantitative estimate of drug-likeness (QED) is 0.410. The first-order valence-corrected chi connectivity index (χ1v) is 10.7. The normalized spacial score (nSPS) is 18.7. The van der Waals surface area contributed by atoms with Crippen molar-refractivity contribution in [3.63, 3.8) is 0 Å². The Morgan fingerprint density at radius 2 is 1.80 bits per heavy atom. The Kier molecular flexibility index (Phi) is 5.99. The number of rotatable bonds is 3. The molecule has 2 aliphatic rings. The van der Waals surface area contributed by atoms with Gasteiger partial charge in [-0.15, -0.1) is 0 Å². The number of carbonyl (C=O) groups excluding carboxylic acids is 2. The minimum Gasteiger partial charge on any atom is -0.378 e. The molecule has 2 heterocycles. The van der Waals surface area contributed by atoms with E-state index in [4.69, 9.17) is 17.0 Å². The molecule has 2 saturated heterocycles. The summed E-state index contributed by atoms with van der Waals surface area (Å²) in [6.07, 6.45) is 1.60. The molecule has 4 rings (SSSR count). The fraction of sp³-hybridized carbons (Fsp3) is 0.227. The van der Waals surface area contributed by atoms with Gasteiger partial charge in [-0.3, -0.25) is 19.8 Å². The van der Waals surface area contributed by atoms with Gasteiger partial charge in [0, 0.05) is 23.2 Å². The van der Waals surface area contributed by atoms with Gasteiger partial charge in [0.05, 0.1) is 18.9 Å². The first kappa shape index (κ1) is 20.7. The molecule has 0 aromatic heterocycles. The molecule has 6 nitrogen and oxygen atoms in total. The maximum atomic E-state index is 13.2. The average molecular weight is 486 g/mol. The van der Waals surface area contributed by atoms with Gasteiger partial charge < -0.3 is 9.64 Å². The highest BCUT2D eigenvalue weighted by atomic mass is 79.9. The number of benzene rings is 2. The van der Waals surface area contributed by atoms with Gasteiger partial charge in [0.2, 0.25) is 0 Å². The van der Waals surface area contributed by atoms with Crippen LogP contribution in [0.25, 0.3) is 6.08 Å². The molecule has 0 bridgehead atoms. The van der Waals surface area contributed by atoms with Crippen LogP contribution in [0.2, 0.25) is 0 Å². The number of carbonyl (C=O) groups is 2. The van der Waals surface area contributed by atoms with E-state index in [0.29, 0.717) is 18.9 Å². The maximum absolute atomic E-state index is 13.2.